The zero-order chi connectivity index (χ0) is 21.8. The average molecular weight is 433 g/mol. The number of methoxy groups -OCH3 is 1. The summed E-state index contributed by atoms with van der Waals surface area (Å²) in [6.45, 7) is 4.04. The molecule has 0 aromatic heterocycles. The molecule has 162 valence electrons. The maximum absolute atomic E-state index is 10.8. The van der Waals surface area contributed by atoms with Crippen molar-refractivity contribution in [1.82, 2.24) is 10.6 Å². The summed E-state index contributed by atoms with van der Waals surface area (Å²) in [7, 11) is 1.62. The number of hydrogen-bond donors (Lipinski definition) is 3. The van der Waals surface area contributed by atoms with E-state index in [0.29, 0.717) is 17.3 Å². The van der Waals surface area contributed by atoms with Crippen molar-refractivity contribution >= 4 is 23.5 Å². The molecule has 0 spiro atoms. The largest absolute Gasteiger partial charge is 0.497 e. The Morgan fingerprint density at radius 3 is 2.47 bits per heavy atom. The van der Waals surface area contributed by atoms with Crippen LogP contribution in [0.15, 0.2) is 47.5 Å². The molecule has 1 amide bonds. The van der Waals surface area contributed by atoms with E-state index in [1.807, 2.05) is 49.4 Å². The monoisotopic (exact) mass is 432 g/mol. The molecule has 0 aliphatic heterocycles. The predicted octanol–water partition coefficient (Wildman–Crippen LogP) is 2.55. The summed E-state index contributed by atoms with van der Waals surface area (Å²) in [4.78, 5) is 15.4. The number of primary amides is 1. The highest BCUT2D eigenvalue weighted by Gasteiger charge is 2.03. The van der Waals surface area contributed by atoms with Gasteiger partial charge in [0, 0.05) is 24.7 Å². The summed E-state index contributed by atoms with van der Waals surface area (Å²) >= 11 is 6.29. The lowest BCUT2D eigenvalue weighted by Crippen LogP contribution is -2.38. The molecule has 0 saturated carbocycles. The first-order valence-corrected chi connectivity index (χ1v) is 10.2. The number of benzene rings is 2. The summed E-state index contributed by atoms with van der Waals surface area (Å²) in [5.74, 6) is 1.64. The number of rotatable bonds is 11. The molecule has 0 unspecified atom stereocenters. The third kappa shape index (κ3) is 8.21. The van der Waals surface area contributed by atoms with Crippen molar-refractivity contribution in [2.24, 2.45) is 10.7 Å². The third-order valence-corrected chi connectivity index (χ3v) is 4.62. The minimum atomic E-state index is -0.493. The Kier molecular flexibility index (Phi) is 9.80. The maximum Gasteiger partial charge on any atom is 0.255 e. The standard InChI is InChI=1S/C22H29ClN4O3/c1-3-25-22(27-13-11-17-6-9-19(29-2)14-20(17)23)26-12-10-16-4-7-18(8-5-16)30-15-21(24)28/h4-9,14H,3,10-13,15H2,1-2H3,(H2,24,28)(H2,25,26,27). The molecule has 0 bridgehead atoms. The van der Waals surface area contributed by atoms with Crippen molar-refractivity contribution in [3.05, 3.63) is 58.6 Å². The molecule has 2 aromatic carbocycles. The lowest BCUT2D eigenvalue weighted by Gasteiger charge is -2.12. The van der Waals surface area contributed by atoms with Crippen LogP contribution in [-0.2, 0) is 17.6 Å². The van der Waals surface area contributed by atoms with E-state index >= 15 is 0 Å². The van der Waals surface area contributed by atoms with Crippen LogP contribution in [0, 0.1) is 0 Å². The van der Waals surface area contributed by atoms with Gasteiger partial charge in [0.15, 0.2) is 12.6 Å². The average Bonchev–Trinajstić information content (AvgIpc) is 2.74. The van der Waals surface area contributed by atoms with Crippen LogP contribution < -0.4 is 25.8 Å². The van der Waals surface area contributed by atoms with Crippen LogP contribution in [0.1, 0.15) is 18.1 Å². The van der Waals surface area contributed by atoms with E-state index < -0.39 is 5.91 Å². The van der Waals surface area contributed by atoms with E-state index in [0.717, 1.165) is 48.8 Å². The molecule has 0 fully saturated rings. The van der Waals surface area contributed by atoms with Crippen molar-refractivity contribution in [3.63, 3.8) is 0 Å². The van der Waals surface area contributed by atoms with Crippen molar-refractivity contribution in [2.45, 2.75) is 19.8 Å². The summed E-state index contributed by atoms with van der Waals surface area (Å²) < 4.78 is 10.4. The van der Waals surface area contributed by atoms with Crippen LogP contribution >= 0.6 is 11.6 Å². The Labute approximate surface area is 182 Å². The Morgan fingerprint density at radius 1 is 1.10 bits per heavy atom. The highest BCUT2D eigenvalue weighted by atomic mass is 35.5. The SMILES string of the molecule is CCNC(=NCCc1ccc(OC)cc1Cl)NCCc1ccc(OCC(N)=O)cc1. The summed E-state index contributed by atoms with van der Waals surface area (Å²) in [5.41, 5.74) is 7.26. The lowest BCUT2D eigenvalue weighted by atomic mass is 10.1. The maximum atomic E-state index is 10.8. The Bertz CT molecular complexity index is 841. The van der Waals surface area contributed by atoms with Crippen LogP contribution in [-0.4, -0.2) is 45.2 Å². The number of aliphatic imine (C=N–C) groups is 1. The molecular formula is C22H29ClN4O3. The molecule has 0 aliphatic carbocycles. The van der Waals surface area contributed by atoms with Gasteiger partial charge < -0.3 is 25.8 Å². The minimum Gasteiger partial charge on any atom is -0.497 e. The summed E-state index contributed by atoms with van der Waals surface area (Å²) in [5, 5.41) is 7.27. The van der Waals surface area contributed by atoms with Gasteiger partial charge in [0.05, 0.1) is 7.11 Å². The summed E-state index contributed by atoms with van der Waals surface area (Å²) in [6, 6.07) is 13.3. The van der Waals surface area contributed by atoms with Crippen molar-refractivity contribution in [2.75, 3.05) is 33.4 Å². The first kappa shape index (κ1) is 23.3. The van der Waals surface area contributed by atoms with Gasteiger partial charge >= 0.3 is 0 Å². The van der Waals surface area contributed by atoms with E-state index in [1.54, 1.807) is 7.11 Å². The van der Waals surface area contributed by atoms with Gasteiger partial charge in [0.2, 0.25) is 0 Å². The third-order valence-electron chi connectivity index (χ3n) is 4.27. The first-order valence-electron chi connectivity index (χ1n) is 9.86. The second-order valence-corrected chi connectivity index (χ2v) is 6.95. The van der Waals surface area contributed by atoms with Gasteiger partial charge in [-0.15, -0.1) is 0 Å². The van der Waals surface area contributed by atoms with Gasteiger partial charge in [0.1, 0.15) is 11.5 Å². The van der Waals surface area contributed by atoms with E-state index in [9.17, 15) is 4.79 Å². The number of carbonyl (C=O) groups excluding carboxylic acids is 1. The van der Waals surface area contributed by atoms with Crippen molar-refractivity contribution in [3.8, 4) is 11.5 Å². The van der Waals surface area contributed by atoms with Crippen LogP contribution in [0.2, 0.25) is 5.02 Å². The van der Waals surface area contributed by atoms with Crippen LogP contribution in [0.4, 0.5) is 0 Å². The molecular weight excluding hydrogens is 404 g/mol. The molecule has 30 heavy (non-hydrogen) atoms. The highest BCUT2D eigenvalue weighted by Crippen LogP contribution is 2.22. The van der Waals surface area contributed by atoms with Crippen molar-refractivity contribution < 1.29 is 14.3 Å². The zero-order valence-electron chi connectivity index (χ0n) is 17.4. The predicted molar refractivity (Wildman–Crippen MR) is 121 cm³/mol. The molecule has 0 atom stereocenters. The van der Waals surface area contributed by atoms with Crippen LogP contribution in [0.5, 0.6) is 11.5 Å². The van der Waals surface area contributed by atoms with Gasteiger partial charge in [-0.3, -0.25) is 9.79 Å². The molecule has 0 heterocycles. The second kappa shape index (κ2) is 12.6. The zero-order valence-corrected chi connectivity index (χ0v) is 18.2. The Morgan fingerprint density at radius 2 is 1.83 bits per heavy atom. The number of ether oxygens (including phenoxy) is 2. The highest BCUT2D eigenvalue weighted by molar-refractivity contribution is 6.31. The van der Waals surface area contributed by atoms with E-state index in [-0.39, 0.29) is 6.61 Å². The van der Waals surface area contributed by atoms with E-state index in [4.69, 9.17) is 26.8 Å². The molecule has 4 N–H and O–H groups in total. The fourth-order valence-corrected chi connectivity index (χ4v) is 2.98. The number of carbonyl (C=O) groups is 1. The lowest BCUT2D eigenvalue weighted by molar-refractivity contribution is -0.119. The van der Waals surface area contributed by atoms with E-state index in [1.165, 1.54) is 0 Å². The number of guanidine groups is 1. The van der Waals surface area contributed by atoms with Gasteiger partial charge in [-0.25, -0.2) is 0 Å². The van der Waals surface area contributed by atoms with Crippen LogP contribution in [0.3, 0.4) is 0 Å². The summed E-state index contributed by atoms with van der Waals surface area (Å²) in [6.07, 6.45) is 1.57. The second-order valence-electron chi connectivity index (χ2n) is 6.54. The topological polar surface area (TPSA) is 98.0 Å². The minimum absolute atomic E-state index is 0.120. The molecule has 0 aliphatic rings. The molecule has 7 nitrogen and oxygen atoms in total. The Balaban J connectivity index is 1.81. The number of nitrogens with zero attached hydrogens (tertiary/aromatic N) is 1. The van der Waals surface area contributed by atoms with Gasteiger partial charge in [-0.05, 0) is 55.2 Å². The van der Waals surface area contributed by atoms with Crippen LogP contribution in [0.25, 0.3) is 0 Å². The molecule has 2 aromatic rings. The van der Waals surface area contributed by atoms with Gasteiger partial charge in [0.25, 0.3) is 5.91 Å². The molecule has 0 radical (unpaired) electrons. The van der Waals surface area contributed by atoms with Gasteiger partial charge in [-0.2, -0.15) is 0 Å². The number of nitrogens with one attached hydrogen (secondary N) is 2. The van der Waals surface area contributed by atoms with Crippen molar-refractivity contribution in [1.29, 1.82) is 0 Å². The normalized spacial score (nSPS) is 11.1. The van der Waals surface area contributed by atoms with Gasteiger partial charge in [-0.1, -0.05) is 29.8 Å². The fourth-order valence-electron chi connectivity index (χ4n) is 2.72. The Hall–Kier alpha value is -2.93. The number of nitrogens with two attached hydrogens (primary N) is 1. The first-order chi connectivity index (χ1) is 14.5. The molecule has 2 rings (SSSR count). The quantitative estimate of drug-likeness (QED) is 0.374. The number of halogens is 1. The fraction of sp³-hybridized carbons (Fsp3) is 0.364. The molecule has 0 saturated heterocycles. The van der Waals surface area contributed by atoms with E-state index in [2.05, 4.69) is 15.6 Å². The number of hydrogen-bond acceptors (Lipinski definition) is 4. The molecule has 8 heteroatoms. The number of amides is 1. The smallest absolute Gasteiger partial charge is 0.255 e.